The lowest BCUT2D eigenvalue weighted by Gasteiger charge is -2.02. The van der Waals surface area contributed by atoms with Gasteiger partial charge < -0.3 is 0 Å². The first-order chi connectivity index (χ1) is 5.15. The quantitative estimate of drug-likeness (QED) is 0.675. The van der Waals surface area contributed by atoms with Crippen LogP contribution in [-0.4, -0.2) is 0 Å². The van der Waals surface area contributed by atoms with Crippen molar-refractivity contribution in [1.29, 1.82) is 0 Å². The summed E-state index contributed by atoms with van der Waals surface area (Å²) in [6, 6.07) is 3.66. The lowest BCUT2D eigenvalue weighted by Crippen LogP contribution is -1.90. The fourth-order valence-corrected chi connectivity index (χ4v) is 1.67. The Balaban J connectivity index is 3.24. The highest BCUT2D eigenvalue weighted by atomic mass is 79.9. The number of halogens is 2. The standard InChI is InChI=1S/C9H10BrF/c1-3-7-4-6(2)5-8(10)9(7)11/h4-5H,3H2,1-2H3. The molecule has 0 bridgehead atoms. The van der Waals surface area contributed by atoms with E-state index >= 15 is 0 Å². The summed E-state index contributed by atoms with van der Waals surface area (Å²) in [4.78, 5) is 0. The van der Waals surface area contributed by atoms with Gasteiger partial charge in [-0.05, 0) is 46.5 Å². The van der Waals surface area contributed by atoms with Crippen molar-refractivity contribution in [3.8, 4) is 0 Å². The molecule has 0 saturated carbocycles. The van der Waals surface area contributed by atoms with E-state index in [1.165, 1.54) is 0 Å². The number of rotatable bonds is 1. The van der Waals surface area contributed by atoms with Crippen molar-refractivity contribution in [1.82, 2.24) is 0 Å². The molecule has 1 aromatic rings. The first-order valence-electron chi connectivity index (χ1n) is 3.59. The zero-order valence-corrected chi connectivity index (χ0v) is 8.20. The van der Waals surface area contributed by atoms with Crippen molar-refractivity contribution in [2.45, 2.75) is 20.3 Å². The molecule has 0 spiro atoms. The minimum atomic E-state index is -0.127. The molecule has 0 radical (unpaired) electrons. The molecule has 0 N–H and O–H groups in total. The van der Waals surface area contributed by atoms with Gasteiger partial charge in [0.1, 0.15) is 5.82 Å². The number of hydrogen-bond donors (Lipinski definition) is 0. The third-order valence-corrected chi connectivity index (χ3v) is 2.21. The highest BCUT2D eigenvalue weighted by Gasteiger charge is 2.04. The van der Waals surface area contributed by atoms with E-state index in [2.05, 4.69) is 15.9 Å². The van der Waals surface area contributed by atoms with Gasteiger partial charge in [0.15, 0.2) is 0 Å². The molecule has 0 nitrogen and oxygen atoms in total. The lowest BCUT2D eigenvalue weighted by molar-refractivity contribution is 0.605. The fourth-order valence-electron chi connectivity index (χ4n) is 1.05. The lowest BCUT2D eigenvalue weighted by atomic mass is 10.1. The monoisotopic (exact) mass is 216 g/mol. The molecule has 0 heterocycles. The van der Waals surface area contributed by atoms with Crippen molar-refractivity contribution in [3.63, 3.8) is 0 Å². The summed E-state index contributed by atoms with van der Waals surface area (Å²) < 4.78 is 13.7. The molecule has 0 amide bonds. The minimum Gasteiger partial charge on any atom is -0.205 e. The van der Waals surface area contributed by atoms with Gasteiger partial charge in [-0.1, -0.05) is 13.0 Å². The maximum Gasteiger partial charge on any atom is 0.140 e. The Morgan fingerprint density at radius 3 is 2.64 bits per heavy atom. The third-order valence-electron chi connectivity index (χ3n) is 1.63. The topological polar surface area (TPSA) is 0 Å². The first kappa shape index (κ1) is 8.72. The van der Waals surface area contributed by atoms with E-state index in [-0.39, 0.29) is 5.82 Å². The van der Waals surface area contributed by atoms with Gasteiger partial charge in [-0.15, -0.1) is 0 Å². The van der Waals surface area contributed by atoms with Crippen LogP contribution in [0.2, 0.25) is 0 Å². The normalized spacial score (nSPS) is 10.2. The number of hydrogen-bond acceptors (Lipinski definition) is 0. The van der Waals surface area contributed by atoms with Gasteiger partial charge in [0, 0.05) is 0 Å². The maximum absolute atomic E-state index is 13.1. The average molecular weight is 217 g/mol. The Hall–Kier alpha value is -0.370. The molecule has 0 aliphatic heterocycles. The molecule has 0 atom stereocenters. The van der Waals surface area contributed by atoms with Gasteiger partial charge >= 0.3 is 0 Å². The Morgan fingerprint density at radius 2 is 2.09 bits per heavy atom. The largest absolute Gasteiger partial charge is 0.205 e. The van der Waals surface area contributed by atoms with Crippen molar-refractivity contribution in [3.05, 3.63) is 33.5 Å². The predicted octanol–water partition coefficient (Wildman–Crippen LogP) is 3.46. The SMILES string of the molecule is CCc1cc(C)cc(Br)c1F. The minimum absolute atomic E-state index is 0.127. The Bertz CT molecular complexity index is 269. The summed E-state index contributed by atoms with van der Waals surface area (Å²) >= 11 is 3.16. The van der Waals surface area contributed by atoms with Gasteiger partial charge in [0.25, 0.3) is 0 Å². The summed E-state index contributed by atoms with van der Waals surface area (Å²) in [5.41, 5.74) is 1.87. The molecule has 0 aliphatic carbocycles. The van der Waals surface area contributed by atoms with Gasteiger partial charge in [0.05, 0.1) is 4.47 Å². The Kier molecular flexibility index (Phi) is 2.66. The molecular formula is C9H10BrF. The predicted molar refractivity (Wildman–Crippen MR) is 48.2 cm³/mol. The van der Waals surface area contributed by atoms with Crippen LogP contribution in [0.5, 0.6) is 0 Å². The summed E-state index contributed by atoms with van der Waals surface area (Å²) in [6.45, 7) is 3.91. The van der Waals surface area contributed by atoms with Crippen LogP contribution in [0.1, 0.15) is 18.1 Å². The molecule has 0 aromatic heterocycles. The van der Waals surface area contributed by atoms with Gasteiger partial charge in [-0.3, -0.25) is 0 Å². The van der Waals surface area contributed by atoms with Crippen molar-refractivity contribution in [2.24, 2.45) is 0 Å². The number of aryl methyl sites for hydroxylation is 2. The van der Waals surface area contributed by atoms with E-state index in [1.54, 1.807) is 6.07 Å². The van der Waals surface area contributed by atoms with Gasteiger partial charge in [-0.25, -0.2) is 4.39 Å². The second kappa shape index (κ2) is 3.35. The molecule has 0 fully saturated rings. The van der Waals surface area contributed by atoms with Crippen LogP contribution in [0.15, 0.2) is 16.6 Å². The molecule has 0 unspecified atom stereocenters. The molecule has 1 rings (SSSR count). The van der Waals surface area contributed by atoms with Gasteiger partial charge in [-0.2, -0.15) is 0 Å². The summed E-state index contributed by atoms with van der Waals surface area (Å²) in [5.74, 6) is -0.127. The maximum atomic E-state index is 13.1. The number of benzene rings is 1. The Morgan fingerprint density at radius 1 is 1.45 bits per heavy atom. The van der Waals surface area contributed by atoms with Crippen molar-refractivity contribution < 1.29 is 4.39 Å². The summed E-state index contributed by atoms with van der Waals surface area (Å²) in [6.07, 6.45) is 0.742. The van der Waals surface area contributed by atoms with Crippen LogP contribution in [-0.2, 0) is 6.42 Å². The van der Waals surface area contributed by atoms with Crippen LogP contribution in [0, 0.1) is 12.7 Å². The van der Waals surface area contributed by atoms with E-state index in [0.717, 1.165) is 17.5 Å². The molecule has 11 heavy (non-hydrogen) atoms. The van der Waals surface area contributed by atoms with Gasteiger partial charge in [0.2, 0.25) is 0 Å². The second-order valence-electron chi connectivity index (χ2n) is 2.57. The van der Waals surface area contributed by atoms with Crippen molar-refractivity contribution in [2.75, 3.05) is 0 Å². The molecule has 0 saturated heterocycles. The van der Waals surface area contributed by atoms with E-state index < -0.39 is 0 Å². The molecule has 60 valence electrons. The third kappa shape index (κ3) is 1.80. The second-order valence-corrected chi connectivity index (χ2v) is 3.43. The molecule has 1 aromatic carbocycles. The average Bonchev–Trinajstić information content (AvgIpc) is 1.96. The molecule has 0 aliphatic rings. The highest BCUT2D eigenvalue weighted by Crippen LogP contribution is 2.21. The molecular weight excluding hydrogens is 207 g/mol. The fraction of sp³-hybridized carbons (Fsp3) is 0.333. The van der Waals surface area contributed by atoms with E-state index in [1.807, 2.05) is 19.9 Å². The van der Waals surface area contributed by atoms with Crippen LogP contribution in [0.25, 0.3) is 0 Å². The van der Waals surface area contributed by atoms with Crippen LogP contribution >= 0.6 is 15.9 Å². The van der Waals surface area contributed by atoms with E-state index in [4.69, 9.17) is 0 Å². The zero-order chi connectivity index (χ0) is 8.43. The van der Waals surface area contributed by atoms with Crippen LogP contribution < -0.4 is 0 Å². The van der Waals surface area contributed by atoms with Crippen LogP contribution in [0.4, 0.5) is 4.39 Å². The first-order valence-corrected chi connectivity index (χ1v) is 4.39. The summed E-state index contributed by atoms with van der Waals surface area (Å²) in [5, 5.41) is 0. The van der Waals surface area contributed by atoms with E-state index in [0.29, 0.717) is 4.47 Å². The smallest absolute Gasteiger partial charge is 0.140 e. The van der Waals surface area contributed by atoms with Crippen LogP contribution in [0.3, 0.4) is 0 Å². The summed E-state index contributed by atoms with van der Waals surface area (Å²) in [7, 11) is 0. The highest BCUT2D eigenvalue weighted by molar-refractivity contribution is 9.10. The van der Waals surface area contributed by atoms with Crippen molar-refractivity contribution >= 4 is 15.9 Å². The van der Waals surface area contributed by atoms with E-state index in [9.17, 15) is 4.39 Å². The Labute approximate surface area is 74.6 Å². The molecule has 2 heteroatoms. The zero-order valence-electron chi connectivity index (χ0n) is 6.62.